The van der Waals surface area contributed by atoms with Crippen molar-refractivity contribution >= 4 is 11.8 Å². The van der Waals surface area contributed by atoms with Gasteiger partial charge >= 0.3 is 0 Å². The summed E-state index contributed by atoms with van der Waals surface area (Å²) in [4.78, 5) is 5.12. The van der Waals surface area contributed by atoms with Crippen molar-refractivity contribution in [3.05, 3.63) is 54.0 Å². The Labute approximate surface area is 104 Å². The molecule has 88 valence electrons. The molecule has 17 heavy (non-hydrogen) atoms. The van der Waals surface area contributed by atoms with E-state index < -0.39 is 0 Å². The number of nitrogens with two attached hydrogens (primary N) is 1. The third-order valence-electron chi connectivity index (χ3n) is 2.30. The lowest BCUT2D eigenvalue weighted by Crippen LogP contribution is -2.04. The van der Waals surface area contributed by atoms with Gasteiger partial charge in [0.05, 0.1) is 0 Å². The summed E-state index contributed by atoms with van der Waals surface area (Å²) in [6.07, 6.45) is 1.76. The molecule has 0 saturated carbocycles. The molecule has 2 nitrogen and oxygen atoms in total. The maximum atomic E-state index is 13.0. The summed E-state index contributed by atoms with van der Waals surface area (Å²) in [7, 11) is 0. The molecule has 2 N–H and O–H groups in total. The minimum atomic E-state index is -0.234. The second-order valence-corrected chi connectivity index (χ2v) is 4.87. The van der Waals surface area contributed by atoms with Gasteiger partial charge in [-0.05, 0) is 36.8 Å². The molecule has 4 heteroatoms. The standard InChI is InChI=1S/C13H13FN2S/c1-9(15)10-5-6-13(16-8-10)17-12-4-2-3-11(14)7-12/h2-9H,15H2,1H3/t9-/m1/s1. The lowest BCUT2D eigenvalue weighted by atomic mass is 10.2. The molecule has 0 unspecified atom stereocenters. The van der Waals surface area contributed by atoms with E-state index in [1.165, 1.54) is 23.9 Å². The molecule has 1 aromatic carbocycles. The first kappa shape index (κ1) is 12.1. The van der Waals surface area contributed by atoms with Crippen molar-refractivity contribution in [2.75, 3.05) is 0 Å². The zero-order valence-electron chi connectivity index (χ0n) is 9.43. The lowest BCUT2D eigenvalue weighted by molar-refractivity contribution is 0.624. The summed E-state index contributed by atoms with van der Waals surface area (Å²) in [5, 5.41) is 0.833. The van der Waals surface area contributed by atoms with E-state index in [0.717, 1.165) is 15.5 Å². The van der Waals surface area contributed by atoms with Crippen LogP contribution in [0.1, 0.15) is 18.5 Å². The van der Waals surface area contributed by atoms with Crippen molar-refractivity contribution < 1.29 is 4.39 Å². The Kier molecular flexibility index (Phi) is 3.76. The predicted octanol–water partition coefficient (Wildman–Crippen LogP) is 3.39. The Bertz CT molecular complexity index is 497. The van der Waals surface area contributed by atoms with Gasteiger partial charge in [0, 0.05) is 17.1 Å². The first-order valence-electron chi connectivity index (χ1n) is 5.30. The molecule has 1 heterocycles. The highest BCUT2D eigenvalue weighted by molar-refractivity contribution is 7.99. The number of halogens is 1. The number of nitrogens with zero attached hydrogens (tertiary/aromatic N) is 1. The highest BCUT2D eigenvalue weighted by atomic mass is 32.2. The van der Waals surface area contributed by atoms with Gasteiger partial charge in [0.15, 0.2) is 0 Å². The Morgan fingerprint density at radius 1 is 1.29 bits per heavy atom. The van der Waals surface area contributed by atoms with Crippen molar-refractivity contribution in [3.63, 3.8) is 0 Å². The fraction of sp³-hybridized carbons (Fsp3) is 0.154. The smallest absolute Gasteiger partial charge is 0.124 e. The van der Waals surface area contributed by atoms with Crippen LogP contribution in [-0.2, 0) is 0 Å². The van der Waals surface area contributed by atoms with Crippen molar-refractivity contribution in [2.45, 2.75) is 22.9 Å². The average molecular weight is 248 g/mol. The largest absolute Gasteiger partial charge is 0.324 e. The van der Waals surface area contributed by atoms with E-state index in [9.17, 15) is 4.39 Å². The molecule has 0 radical (unpaired) electrons. The van der Waals surface area contributed by atoms with Crippen LogP contribution in [0, 0.1) is 5.82 Å². The first-order chi connectivity index (χ1) is 8.15. The molecule has 1 atom stereocenters. The number of hydrogen-bond donors (Lipinski definition) is 1. The summed E-state index contributed by atoms with van der Waals surface area (Å²) in [5.41, 5.74) is 6.73. The summed E-state index contributed by atoms with van der Waals surface area (Å²) in [6, 6.07) is 10.3. The van der Waals surface area contributed by atoms with Gasteiger partial charge < -0.3 is 5.73 Å². The van der Waals surface area contributed by atoms with Gasteiger partial charge in [-0.15, -0.1) is 0 Å². The lowest BCUT2D eigenvalue weighted by Gasteiger charge is -2.06. The molecule has 0 saturated heterocycles. The monoisotopic (exact) mass is 248 g/mol. The summed E-state index contributed by atoms with van der Waals surface area (Å²) in [5.74, 6) is -0.234. The SMILES string of the molecule is C[C@@H](N)c1ccc(Sc2cccc(F)c2)nc1. The molecule has 2 aromatic rings. The van der Waals surface area contributed by atoms with Gasteiger partial charge in [-0.1, -0.05) is 23.9 Å². The Balaban J connectivity index is 2.14. The molecule has 0 fully saturated rings. The Hall–Kier alpha value is -1.39. The maximum Gasteiger partial charge on any atom is 0.124 e. The molecule has 1 aromatic heterocycles. The maximum absolute atomic E-state index is 13.0. The van der Waals surface area contributed by atoms with E-state index >= 15 is 0 Å². The van der Waals surface area contributed by atoms with Gasteiger partial charge in [0.2, 0.25) is 0 Å². The van der Waals surface area contributed by atoms with Gasteiger partial charge in [-0.25, -0.2) is 9.37 Å². The zero-order valence-corrected chi connectivity index (χ0v) is 10.2. The van der Waals surface area contributed by atoms with Crippen LogP contribution in [0.15, 0.2) is 52.5 Å². The van der Waals surface area contributed by atoms with E-state index in [0.29, 0.717) is 0 Å². The highest BCUT2D eigenvalue weighted by Gasteiger charge is 2.02. The topological polar surface area (TPSA) is 38.9 Å². The van der Waals surface area contributed by atoms with E-state index in [1.54, 1.807) is 12.3 Å². The van der Waals surface area contributed by atoms with E-state index in [-0.39, 0.29) is 11.9 Å². The summed E-state index contributed by atoms with van der Waals surface area (Å²) in [6.45, 7) is 1.91. The molecule has 0 aliphatic rings. The molecule has 0 aliphatic carbocycles. The Morgan fingerprint density at radius 2 is 2.12 bits per heavy atom. The Morgan fingerprint density at radius 3 is 2.71 bits per heavy atom. The molecule has 2 rings (SSSR count). The van der Waals surface area contributed by atoms with E-state index in [1.807, 2.05) is 25.1 Å². The first-order valence-corrected chi connectivity index (χ1v) is 6.12. The molecule has 0 spiro atoms. The van der Waals surface area contributed by atoms with Crippen molar-refractivity contribution in [3.8, 4) is 0 Å². The molecular formula is C13H13FN2S. The molecule has 0 amide bonds. The van der Waals surface area contributed by atoms with Crippen molar-refractivity contribution in [1.29, 1.82) is 0 Å². The summed E-state index contributed by atoms with van der Waals surface area (Å²) >= 11 is 1.43. The van der Waals surface area contributed by atoms with Crippen LogP contribution in [0.3, 0.4) is 0 Å². The van der Waals surface area contributed by atoms with Crippen molar-refractivity contribution in [1.82, 2.24) is 4.98 Å². The minimum Gasteiger partial charge on any atom is -0.324 e. The second-order valence-electron chi connectivity index (χ2n) is 3.78. The van der Waals surface area contributed by atoms with E-state index in [4.69, 9.17) is 5.73 Å². The average Bonchev–Trinajstić information content (AvgIpc) is 2.29. The number of benzene rings is 1. The number of rotatable bonds is 3. The van der Waals surface area contributed by atoms with E-state index in [2.05, 4.69) is 4.98 Å². The second kappa shape index (κ2) is 5.29. The van der Waals surface area contributed by atoms with Gasteiger partial charge in [0.25, 0.3) is 0 Å². The van der Waals surface area contributed by atoms with Crippen LogP contribution >= 0.6 is 11.8 Å². The van der Waals surface area contributed by atoms with Gasteiger partial charge in [-0.3, -0.25) is 0 Å². The van der Waals surface area contributed by atoms with Crippen LogP contribution in [0.4, 0.5) is 4.39 Å². The zero-order chi connectivity index (χ0) is 12.3. The van der Waals surface area contributed by atoms with Gasteiger partial charge in [0.1, 0.15) is 10.8 Å². The van der Waals surface area contributed by atoms with Crippen LogP contribution in [0.25, 0.3) is 0 Å². The number of pyridine rings is 1. The fourth-order valence-electron chi connectivity index (χ4n) is 1.37. The van der Waals surface area contributed by atoms with Crippen LogP contribution in [0.5, 0.6) is 0 Å². The van der Waals surface area contributed by atoms with Crippen LogP contribution in [-0.4, -0.2) is 4.98 Å². The van der Waals surface area contributed by atoms with Crippen LogP contribution < -0.4 is 5.73 Å². The van der Waals surface area contributed by atoms with Gasteiger partial charge in [-0.2, -0.15) is 0 Å². The minimum absolute atomic E-state index is 0.0179. The normalized spacial score (nSPS) is 12.4. The third kappa shape index (κ3) is 3.28. The molecular weight excluding hydrogens is 235 g/mol. The highest BCUT2D eigenvalue weighted by Crippen LogP contribution is 2.26. The van der Waals surface area contributed by atoms with Crippen molar-refractivity contribution in [2.24, 2.45) is 5.73 Å². The van der Waals surface area contributed by atoms with Crippen LogP contribution in [0.2, 0.25) is 0 Å². The third-order valence-corrected chi connectivity index (χ3v) is 3.24. The number of aromatic nitrogens is 1. The predicted molar refractivity (Wildman–Crippen MR) is 67.4 cm³/mol. The summed E-state index contributed by atoms with van der Waals surface area (Å²) < 4.78 is 13.0. The molecule has 0 bridgehead atoms. The fourth-order valence-corrected chi connectivity index (χ4v) is 2.17. The molecule has 0 aliphatic heterocycles. The quantitative estimate of drug-likeness (QED) is 0.905. The number of hydrogen-bond acceptors (Lipinski definition) is 3.